The number of methoxy groups -OCH3 is 1. The Morgan fingerprint density at radius 2 is 1.90 bits per heavy atom. The van der Waals surface area contributed by atoms with Gasteiger partial charge in [0, 0.05) is 36.5 Å². The summed E-state index contributed by atoms with van der Waals surface area (Å²) in [5, 5.41) is 13.1. The molecule has 6 nitrogen and oxygen atoms in total. The third kappa shape index (κ3) is 5.76. The number of anilines is 1. The summed E-state index contributed by atoms with van der Waals surface area (Å²) in [6.07, 6.45) is 0.783. The number of aromatic nitrogens is 3. The molecule has 2 aromatic carbocycles. The van der Waals surface area contributed by atoms with Crippen LogP contribution in [-0.4, -0.2) is 39.6 Å². The zero-order chi connectivity index (χ0) is 21.5. The zero-order valence-electron chi connectivity index (χ0n) is 16.6. The van der Waals surface area contributed by atoms with Gasteiger partial charge in [0.05, 0.1) is 10.3 Å². The molecule has 0 aliphatic rings. The van der Waals surface area contributed by atoms with Crippen LogP contribution in [0.1, 0.15) is 13.3 Å². The van der Waals surface area contributed by atoms with E-state index in [4.69, 9.17) is 27.9 Å². The normalized spacial score (nSPS) is 12.0. The molecule has 0 saturated heterocycles. The summed E-state index contributed by atoms with van der Waals surface area (Å²) in [5.41, 5.74) is 1.49. The molecule has 1 atom stereocenters. The number of hydrogen-bond donors (Lipinski definition) is 1. The fraction of sp³-hybridized carbons (Fsp3) is 0.286. The minimum absolute atomic E-state index is 0.131. The van der Waals surface area contributed by atoms with Crippen LogP contribution in [0.15, 0.2) is 53.7 Å². The molecule has 1 aromatic heterocycles. The van der Waals surface area contributed by atoms with Crippen molar-refractivity contribution in [1.82, 2.24) is 14.8 Å². The molecule has 3 aromatic rings. The number of benzene rings is 2. The van der Waals surface area contributed by atoms with Crippen molar-refractivity contribution in [2.45, 2.75) is 30.3 Å². The Hall–Kier alpha value is -2.06. The molecule has 9 heteroatoms. The summed E-state index contributed by atoms with van der Waals surface area (Å²) in [5.74, 6) is 0.539. The summed E-state index contributed by atoms with van der Waals surface area (Å²) in [7, 11) is 1.67. The highest BCUT2D eigenvalue weighted by atomic mass is 35.5. The van der Waals surface area contributed by atoms with Crippen molar-refractivity contribution in [3.63, 3.8) is 0 Å². The SMILES string of the molecule is COCCCn1c(S[C@H](C)C(=O)Nc2ccc(Cl)cc2)nnc1-c1ccccc1Cl. The van der Waals surface area contributed by atoms with Gasteiger partial charge < -0.3 is 14.6 Å². The minimum Gasteiger partial charge on any atom is -0.385 e. The molecule has 3 rings (SSSR count). The Labute approximate surface area is 189 Å². The number of ether oxygens (including phenoxy) is 1. The Bertz CT molecular complexity index is 995. The summed E-state index contributed by atoms with van der Waals surface area (Å²) in [6.45, 7) is 3.09. The first kappa shape index (κ1) is 22.6. The van der Waals surface area contributed by atoms with Gasteiger partial charge >= 0.3 is 0 Å². The summed E-state index contributed by atoms with van der Waals surface area (Å²) < 4.78 is 7.17. The quantitative estimate of drug-likeness (QED) is 0.338. The van der Waals surface area contributed by atoms with Crippen LogP contribution in [0, 0.1) is 0 Å². The molecule has 30 heavy (non-hydrogen) atoms. The van der Waals surface area contributed by atoms with Gasteiger partial charge in [-0.1, -0.05) is 47.1 Å². The number of amides is 1. The second-order valence-electron chi connectivity index (χ2n) is 6.54. The van der Waals surface area contributed by atoms with E-state index in [-0.39, 0.29) is 11.2 Å². The van der Waals surface area contributed by atoms with Gasteiger partial charge in [0.1, 0.15) is 0 Å². The summed E-state index contributed by atoms with van der Waals surface area (Å²) >= 11 is 13.6. The van der Waals surface area contributed by atoms with Crippen molar-refractivity contribution in [1.29, 1.82) is 0 Å². The number of nitrogens with zero attached hydrogens (tertiary/aromatic N) is 3. The lowest BCUT2D eigenvalue weighted by Crippen LogP contribution is -2.23. The van der Waals surface area contributed by atoms with E-state index in [0.29, 0.717) is 39.9 Å². The number of carbonyl (C=O) groups is 1. The van der Waals surface area contributed by atoms with Gasteiger partial charge in [-0.05, 0) is 49.7 Å². The Morgan fingerprint density at radius 3 is 2.60 bits per heavy atom. The highest BCUT2D eigenvalue weighted by Gasteiger charge is 2.21. The largest absolute Gasteiger partial charge is 0.385 e. The number of carbonyl (C=O) groups excluding carboxylic acids is 1. The number of hydrogen-bond acceptors (Lipinski definition) is 5. The first-order valence-corrected chi connectivity index (χ1v) is 11.0. The molecule has 0 fully saturated rings. The van der Waals surface area contributed by atoms with Crippen molar-refractivity contribution in [2.24, 2.45) is 0 Å². The molecule has 1 N–H and O–H groups in total. The summed E-state index contributed by atoms with van der Waals surface area (Å²) in [6, 6.07) is 14.5. The van der Waals surface area contributed by atoms with Crippen LogP contribution < -0.4 is 5.32 Å². The molecule has 0 aliphatic carbocycles. The average Bonchev–Trinajstić information content (AvgIpc) is 3.12. The molecular weight excluding hydrogens is 443 g/mol. The first-order chi connectivity index (χ1) is 14.5. The van der Waals surface area contributed by atoms with E-state index in [1.807, 2.05) is 35.8 Å². The lowest BCUT2D eigenvalue weighted by molar-refractivity contribution is -0.115. The number of thioether (sulfide) groups is 1. The third-order valence-corrected chi connectivity index (χ3v) is 5.99. The molecule has 1 amide bonds. The fourth-order valence-corrected chi connectivity index (χ4v) is 4.00. The highest BCUT2D eigenvalue weighted by Crippen LogP contribution is 2.31. The Balaban J connectivity index is 1.79. The lowest BCUT2D eigenvalue weighted by Gasteiger charge is -2.14. The minimum atomic E-state index is -0.384. The maximum absolute atomic E-state index is 12.6. The van der Waals surface area contributed by atoms with E-state index in [2.05, 4.69) is 15.5 Å². The van der Waals surface area contributed by atoms with E-state index in [1.54, 1.807) is 31.4 Å². The average molecular weight is 465 g/mol. The van der Waals surface area contributed by atoms with Gasteiger partial charge in [-0.3, -0.25) is 4.79 Å². The zero-order valence-corrected chi connectivity index (χ0v) is 19.0. The molecule has 0 saturated carbocycles. The maximum Gasteiger partial charge on any atom is 0.237 e. The summed E-state index contributed by atoms with van der Waals surface area (Å²) in [4.78, 5) is 12.6. The van der Waals surface area contributed by atoms with E-state index in [9.17, 15) is 4.79 Å². The molecule has 158 valence electrons. The highest BCUT2D eigenvalue weighted by molar-refractivity contribution is 8.00. The predicted octanol–water partition coefficient (Wildman–Crippen LogP) is 5.41. The van der Waals surface area contributed by atoms with Crippen LogP contribution in [0.5, 0.6) is 0 Å². The number of rotatable bonds is 9. The molecule has 0 radical (unpaired) electrons. The van der Waals surface area contributed by atoms with Gasteiger partial charge in [-0.2, -0.15) is 0 Å². The van der Waals surface area contributed by atoms with Crippen LogP contribution in [-0.2, 0) is 16.1 Å². The second kappa shape index (κ2) is 10.8. The van der Waals surface area contributed by atoms with E-state index in [1.165, 1.54) is 11.8 Å². The van der Waals surface area contributed by atoms with Gasteiger partial charge in [0.25, 0.3) is 0 Å². The standard InChI is InChI=1S/C21H22Cl2N4O2S/c1-14(20(28)24-16-10-8-15(22)9-11-16)30-21-26-25-19(27(21)12-5-13-29-2)17-6-3-4-7-18(17)23/h3-4,6-11,14H,5,12-13H2,1-2H3,(H,24,28)/t14-/m1/s1. The maximum atomic E-state index is 12.6. The molecule has 0 unspecified atom stereocenters. The monoisotopic (exact) mass is 464 g/mol. The van der Waals surface area contributed by atoms with E-state index in [0.717, 1.165) is 12.0 Å². The first-order valence-electron chi connectivity index (χ1n) is 9.39. The van der Waals surface area contributed by atoms with Crippen LogP contribution in [0.4, 0.5) is 5.69 Å². The predicted molar refractivity (Wildman–Crippen MR) is 122 cm³/mol. The van der Waals surface area contributed by atoms with Gasteiger partial charge in [-0.15, -0.1) is 10.2 Å². The molecule has 0 aliphatic heterocycles. The van der Waals surface area contributed by atoms with E-state index < -0.39 is 0 Å². The van der Waals surface area contributed by atoms with Crippen LogP contribution in [0.2, 0.25) is 10.0 Å². The van der Waals surface area contributed by atoms with Gasteiger partial charge in [-0.25, -0.2) is 0 Å². The smallest absolute Gasteiger partial charge is 0.237 e. The van der Waals surface area contributed by atoms with Crippen molar-refractivity contribution in [3.05, 3.63) is 58.6 Å². The fourth-order valence-electron chi connectivity index (χ4n) is 2.77. The lowest BCUT2D eigenvalue weighted by atomic mass is 10.2. The van der Waals surface area contributed by atoms with Crippen molar-refractivity contribution < 1.29 is 9.53 Å². The second-order valence-corrected chi connectivity index (χ2v) is 8.69. The number of halogens is 2. The van der Waals surface area contributed by atoms with Gasteiger partial charge in [0.15, 0.2) is 11.0 Å². The third-order valence-electron chi connectivity index (χ3n) is 4.32. The Kier molecular flexibility index (Phi) is 8.16. The topological polar surface area (TPSA) is 69.0 Å². The van der Waals surface area contributed by atoms with Crippen molar-refractivity contribution in [2.75, 3.05) is 19.0 Å². The molecule has 0 bridgehead atoms. The van der Waals surface area contributed by atoms with Gasteiger partial charge in [0.2, 0.25) is 5.91 Å². The Morgan fingerprint density at radius 1 is 1.17 bits per heavy atom. The van der Waals surface area contributed by atoms with Crippen LogP contribution in [0.25, 0.3) is 11.4 Å². The van der Waals surface area contributed by atoms with E-state index >= 15 is 0 Å². The van der Waals surface area contributed by atoms with Crippen molar-refractivity contribution >= 4 is 46.6 Å². The molecule has 0 spiro atoms. The molecular formula is C21H22Cl2N4O2S. The van der Waals surface area contributed by atoms with Crippen molar-refractivity contribution in [3.8, 4) is 11.4 Å². The van der Waals surface area contributed by atoms with Crippen LogP contribution >= 0.6 is 35.0 Å². The van der Waals surface area contributed by atoms with Crippen LogP contribution in [0.3, 0.4) is 0 Å². The molecule has 1 heterocycles. The number of nitrogens with one attached hydrogen (secondary N) is 1.